The van der Waals surface area contributed by atoms with Crippen LogP contribution in [0.25, 0.3) is 0 Å². The van der Waals surface area contributed by atoms with Crippen molar-refractivity contribution in [1.82, 2.24) is 0 Å². The van der Waals surface area contributed by atoms with Crippen molar-refractivity contribution in [3.63, 3.8) is 0 Å². The molecule has 0 spiro atoms. The van der Waals surface area contributed by atoms with Gasteiger partial charge in [-0.25, -0.2) is 4.90 Å². The smallest absolute Gasteiger partial charge is 0.305 e. The van der Waals surface area contributed by atoms with Crippen molar-refractivity contribution in [3.05, 3.63) is 41.5 Å². The molecule has 0 saturated carbocycles. The molecule has 0 radical (unpaired) electrons. The van der Waals surface area contributed by atoms with Crippen LogP contribution in [0.2, 0.25) is 0 Å². The number of carbonyl (C=O) groups is 4. The third-order valence-electron chi connectivity index (χ3n) is 5.74. The molecule has 0 N–H and O–H groups in total. The van der Waals surface area contributed by atoms with Crippen LogP contribution in [0.1, 0.15) is 25.0 Å². The van der Waals surface area contributed by atoms with E-state index in [1.54, 1.807) is 24.3 Å². The molecule has 152 valence electrons. The zero-order chi connectivity index (χ0) is 21.1. The molecule has 0 aromatic heterocycles. The Hall–Kier alpha value is -3.00. The largest absolute Gasteiger partial charge is 0.422 e. The van der Waals surface area contributed by atoms with Gasteiger partial charge in [-0.2, -0.15) is 0 Å². The second-order valence-electron chi connectivity index (χ2n) is 7.63. The van der Waals surface area contributed by atoms with Gasteiger partial charge in [-0.15, -0.1) is 0 Å². The fourth-order valence-corrected chi connectivity index (χ4v) is 4.34. The minimum Gasteiger partial charge on any atom is -0.422 e. The maximum Gasteiger partial charge on any atom is 0.305 e. The van der Waals surface area contributed by atoms with Crippen LogP contribution in [0.3, 0.4) is 0 Å². The Morgan fingerprint density at radius 1 is 1.07 bits per heavy atom. The summed E-state index contributed by atoms with van der Waals surface area (Å²) in [6.45, 7) is 6.17. The van der Waals surface area contributed by atoms with Crippen LogP contribution in [0.4, 0.5) is 5.69 Å². The fourth-order valence-electron chi connectivity index (χ4n) is 4.34. The van der Waals surface area contributed by atoms with E-state index in [4.69, 9.17) is 14.2 Å². The Morgan fingerprint density at radius 3 is 2.31 bits per heavy atom. The lowest BCUT2D eigenvalue weighted by Crippen LogP contribution is -2.52. The van der Waals surface area contributed by atoms with E-state index in [-0.39, 0.29) is 5.91 Å². The van der Waals surface area contributed by atoms with Gasteiger partial charge >= 0.3 is 11.9 Å². The number of ether oxygens (including phenoxy) is 3. The number of imide groups is 1. The van der Waals surface area contributed by atoms with E-state index in [1.165, 1.54) is 13.8 Å². The Balaban J connectivity index is 1.75. The number of rotatable bonds is 4. The van der Waals surface area contributed by atoms with Crippen LogP contribution in [0.15, 0.2) is 30.4 Å². The highest BCUT2D eigenvalue weighted by Crippen LogP contribution is 2.54. The zero-order valence-electron chi connectivity index (χ0n) is 16.5. The molecule has 1 aromatic rings. The molecular formula is C21H21NO7. The highest BCUT2D eigenvalue weighted by Gasteiger charge is 2.72. The Morgan fingerprint density at radius 2 is 1.72 bits per heavy atom. The third kappa shape index (κ3) is 2.78. The Bertz CT molecular complexity index is 952. The average Bonchev–Trinajstić information content (AvgIpc) is 3.28. The van der Waals surface area contributed by atoms with Crippen LogP contribution in [0, 0.1) is 25.7 Å². The molecule has 29 heavy (non-hydrogen) atoms. The Labute approximate surface area is 167 Å². The molecule has 8 heteroatoms. The summed E-state index contributed by atoms with van der Waals surface area (Å²) in [7, 11) is 0. The molecule has 4 rings (SSSR count). The first-order chi connectivity index (χ1) is 13.7. The molecule has 1 aromatic carbocycles. The number of aryl methyl sites for hydroxylation is 2. The van der Waals surface area contributed by atoms with Crippen LogP contribution >= 0.6 is 0 Å². The second kappa shape index (κ2) is 6.52. The number of anilines is 1. The summed E-state index contributed by atoms with van der Waals surface area (Å²) < 4.78 is 16.3. The summed E-state index contributed by atoms with van der Waals surface area (Å²) in [6, 6.07) is 5.35. The standard InChI is InChI=1S/C21H21NO7/c1-10-5-6-14(9-11(10)2)22-18(25)16-15-7-8-21(29-15,17(16)19(22)26)20(27-12(3)23)28-13(4)24/h5-9,15-17,20H,1-4H3/t15-,16-,17-,21+/m1/s1. The molecule has 3 heterocycles. The van der Waals surface area contributed by atoms with Crippen LogP contribution in [-0.4, -0.2) is 41.7 Å². The average molecular weight is 399 g/mol. The van der Waals surface area contributed by atoms with Crippen LogP contribution in [0.5, 0.6) is 0 Å². The summed E-state index contributed by atoms with van der Waals surface area (Å²) in [4.78, 5) is 50.9. The number of hydrogen-bond acceptors (Lipinski definition) is 7. The summed E-state index contributed by atoms with van der Waals surface area (Å²) in [6.07, 6.45) is 1.08. The van der Waals surface area contributed by atoms with Gasteiger partial charge in [0, 0.05) is 13.8 Å². The van der Waals surface area contributed by atoms with Crippen molar-refractivity contribution < 1.29 is 33.4 Å². The number of hydrogen-bond donors (Lipinski definition) is 0. The molecule has 4 atom stereocenters. The van der Waals surface area contributed by atoms with Gasteiger partial charge in [-0.3, -0.25) is 19.2 Å². The third-order valence-corrected chi connectivity index (χ3v) is 5.74. The van der Waals surface area contributed by atoms with Gasteiger partial charge in [0.05, 0.1) is 23.6 Å². The van der Waals surface area contributed by atoms with Gasteiger partial charge in [0.1, 0.15) is 0 Å². The van der Waals surface area contributed by atoms with E-state index in [0.717, 1.165) is 16.0 Å². The molecule has 2 amide bonds. The van der Waals surface area contributed by atoms with Crippen molar-refractivity contribution >= 4 is 29.4 Å². The quantitative estimate of drug-likeness (QED) is 0.328. The predicted octanol–water partition coefficient (Wildman–Crippen LogP) is 1.57. The highest BCUT2D eigenvalue weighted by molar-refractivity contribution is 6.23. The molecule has 0 unspecified atom stereocenters. The fraction of sp³-hybridized carbons (Fsp3) is 0.429. The van der Waals surface area contributed by atoms with E-state index in [9.17, 15) is 19.2 Å². The number of carbonyl (C=O) groups excluding carboxylic acids is 4. The monoisotopic (exact) mass is 399 g/mol. The summed E-state index contributed by atoms with van der Waals surface area (Å²) in [5, 5.41) is 0. The second-order valence-corrected chi connectivity index (χ2v) is 7.63. The molecule has 3 aliphatic rings. The zero-order valence-corrected chi connectivity index (χ0v) is 16.5. The summed E-state index contributed by atoms with van der Waals surface area (Å²) >= 11 is 0. The van der Waals surface area contributed by atoms with Crippen molar-refractivity contribution in [3.8, 4) is 0 Å². The SMILES string of the molecule is CC(=O)OC(OC(C)=O)[C@@]12C=C[C@@H](O1)[C@H]1C(=O)N(c3ccc(C)c(C)c3)C(=O)[C@@H]12. The van der Waals surface area contributed by atoms with Gasteiger partial charge in [0.25, 0.3) is 6.29 Å². The van der Waals surface area contributed by atoms with E-state index in [0.29, 0.717) is 5.69 Å². The molecule has 2 fully saturated rings. The lowest BCUT2D eigenvalue weighted by Gasteiger charge is -2.34. The van der Waals surface area contributed by atoms with Crippen molar-refractivity contribution in [2.75, 3.05) is 4.90 Å². The maximum absolute atomic E-state index is 13.4. The molecule has 3 aliphatic heterocycles. The van der Waals surface area contributed by atoms with Crippen molar-refractivity contribution in [1.29, 1.82) is 0 Å². The minimum absolute atomic E-state index is 0.385. The lowest BCUT2D eigenvalue weighted by molar-refractivity contribution is -0.226. The van der Waals surface area contributed by atoms with Crippen LogP contribution < -0.4 is 4.90 Å². The first-order valence-electron chi connectivity index (χ1n) is 9.32. The number of benzene rings is 1. The molecule has 0 aliphatic carbocycles. The summed E-state index contributed by atoms with van der Waals surface area (Å²) in [5.74, 6) is -3.99. The van der Waals surface area contributed by atoms with Gasteiger partial charge in [0.2, 0.25) is 11.8 Å². The highest BCUT2D eigenvalue weighted by atomic mass is 16.7. The van der Waals surface area contributed by atoms with Gasteiger partial charge in [0.15, 0.2) is 5.60 Å². The van der Waals surface area contributed by atoms with Gasteiger partial charge in [-0.05, 0) is 43.2 Å². The molecule has 2 bridgehead atoms. The van der Waals surface area contributed by atoms with Crippen molar-refractivity contribution in [2.45, 2.75) is 45.7 Å². The first kappa shape index (κ1) is 19.3. The van der Waals surface area contributed by atoms with E-state index in [2.05, 4.69) is 0 Å². The normalized spacial score (nSPS) is 29.6. The number of nitrogens with zero attached hydrogens (tertiary/aromatic N) is 1. The Kier molecular flexibility index (Phi) is 4.34. The number of fused-ring (bicyclic) bond motifs is 5. The van der Waals surface area contributed by atoms with E-state index in [1.807, 2.05) is 19.9 Å². The van der Waals surface area contributed by atoms with Gasteiger partial charge < -0.3 is 14.2 Å². The summed E-state index contributed by atoms with van der Waals surface area (Å²) in [5.41, 5.74) is 0.932. The lowest BCUT2D eigenvalue weighted by atomic mass is 9.76. The number of amides is 2. The van der Waals surface area contributed by atoms with E-state index >= 15 is 0 Å². The molecular weight excluding hydrogens is 378 g/mol. The topological polar surface area (TPSA) is 99.2 Å². The number of esters is 2. The van der Waals surface area contributed by atoms with Crippen molar-refractivity contribution in [2.24, 2.45) is 11.8 Å². The first-order valence-corrected chi connectivity index (χ1v) is 9.32. The van der Waals surface area contributed by atoms with Crippen LogP contribution in [-0.2, 0) is 33.4 Å². The van der Waals surface area contributed by atoms with E-state index < -0.39 is 47.7 Å². The maximum atomic E-state index is 13.4. The molecule has 2 saturated heterocycles. The predicted molar refractivity (Wildman–Crippen MR) is 99.5 cm³/mol. The minimum atomic E-state index is -1.53. The van der Waals surface area contributed by atoms with Gasteiger partial charge in [-0.1, -0.05) is 12.1 Å². The molecule has 8 nitrogen and oxygen atoms in total.